The molecule has 0 bridgehead atoms. The van der Waals surface area contributed by atoms with Gasteiger partial charge in [-0.1, -0.05) is 25.4 Å². The third-order valence-corrected chi connectivity index (χ3v) is 4.92. The van der Waals surface area contributed by atoms with E-state index in [1.807, 2.05) is 18.8 Å². The molecule has 0 aliphatic heterocycles. The molecular formula is C15H26ClN3O. The average Bonchev–Trinajstić information content (AvgIpc) is 2.74. The van der Waals surface area contributed by atoms with E-state index in [4.69, 9.17) is 11.6 Å². The Balaban J connectivity index is 2.24. The van der Waals surface area contributed by atoms with Gasteiger partial charge in [-0.25, -0.2) is 0 Å². The van der Waals surface area contributed by atoms with Crippen LogP contribution in [-0.2, 0) is 12.1 Å². The van der Waals surface area contributed by atoms with Gasteiger partial charge in [-0.2, -0.15) is 5.10 Å². The van der Waals surface area contributed by atoms with Gasteiger partial charge in [0.1, 0.15) is 5.60 Å². The smallest absolute Gasteiger partial charge is 0.108 e. The molecule has 1 fully saturated rings. The molecule has 0 amide bonds. The highest BCUT2D eigenvalue weighted by atomic mass is 35.5. The number of halogens is 1. The van der Waals surface area contributed by atoms with Gasteiger partial charge in [-0.05, 0) is 45.2 Å². The Morgan fingerprint density at radius 3 is 2.75 bits per heavy atom. The van der Waals surface area contributed by atoms with Gasteiger partial charge in [0.15, 0.2) is 0 Å². The normalized spacial score (nSPS) is 30.9. The Hall–Kier alpha value is -0.580. The summed E-state index contributed by atoms with van der Waals surface area (Å²) in [5.74, 6) is 1.16. The number of rotatable bonds is 4. The van der Waals surface area contributed by atoms with Crippen LogP contribution in [0.1, 0.15) is 38.8 Å². The molecular weight excluding hydrogens is 274 g/mol. The zero-order valence-electron chi connectivity index (χ0n) is 12.9. The van der Waals surface area contributed by atoms with Gasteiger partial charge in [0, 0.05) is 6.54 Å². The van der Waals surface area contributed by atoms with Crippen molar-refractivity contribution in [3.63, 3.8) is 0 Å². The lowest BCUT2D eigenvalue weighted by Crippen LogP contribution is -2.38. The zero-order valence-corrected chi connectivity index (χ0v) is 13.7. The fourth-order valence-electron chi connectivity index (χ4n) is 3.09. The van der Waals surface area contributed by atoms with E-state index in [0.717, 1.165) is 38.0 Å². The van der Waals surface area contributed by atoms with Gasteiger partial charge >= 0.3 is 0 Å². The van der Waals surface area contributed by atoms with Crippen LogP contribution in [0.2, 0.25) is 5.02 Å². The highest BCUT2D eigenvalue weighted by Crippen LogP contribution is 2.44. The van der Waals surface area contributed by atoms with E-state index in [9.17, 15) is 5.11 Å². The fourth-order valence-corrected chi connectivity index (χ4v) is 3.41. The molecule has 114 valence electrons. The molecule has 1 aliphatic rings. The molecule has 0 spiro atoms. The minimum atomic E-state index is -0.828. The Kier molecular flexibility index (Phi) is 4.77. The van der Waals surface area contributed by atoms with Crippen LogP contribution >= 0.6 is 11.6 Å². The highest BCUT2D eigenvalue weighted by molar-refractivity contribution is 6.31. The zero-order chi connectivity index (χ0) is 14.9. The summed E-state index contributed by atoms with van der Waals surface area (Å²) in [6.07, 6.45) is 4.23. The van der Waals surface area contributed by atoms with Gasteiger partial charge < -0.3 is 10.0 Å². The molecule has 3 atom stereocenters. The van der Waals surface area contributed by atoms with Crippen LogP contribution in [-0.4, -0.2) is 40.4 Å². The summed E-state index contributed by atoms with van der Waals surface area (Å²) in [4.78, 5) is 2.11. The summed E-state index contributed by atoms with van der Waals surface area (Å²) in [5, 5.41) is 16.0. The van der Waals surface area contributed by atoms with Crippen molar-refractivity contribution in [2.24, 2.45) is 11.8 Å². The molecule has 1 aromatic rings. The Labute approximate surface area is 126 Å². The van der Waals surface area contributed by atoms with E-state index in [2.05, 4.69) is 23.8 Å². The number of likely N-dealkylation sites (N-methyl/N-ethyl adjacent to an activating group) is 1. The predicted molar refractivity (Wildman–Crippen MR) is 81.9 cm³/mol. The lowest BCUT2D eigenvalue weighted by atomic mass is 9.72. The van der Waals surface area contributed by atoms with Crippen molar-refractivity contribution in [2.45, 2.75) is 45.3 Å². The molecule has 0 saturated heterocycles. The highest BCUT2D eigenvalue weighted by Gasteiger charge is 2.41. The molecule has 5 heteroatoms. The molecule has 3 unspecified atom stereocenters. The molecule has 4 nitrogen and oxygen atoms in total. The summed E-state index contributed by atoms with van der Waals surface area (Å²) >= 11 is 6.31. The van der Waals surface area contributed by atoms with Crippen molar-refractivity contribution in [3.8, 4) is 0 Å². The Bertz CT molecular complexity index is 460. The molecule has 1 heterocycles. The third kappa shape index (κ3) is 3.18. The van der Waals surface area contributed by atoms with Gasteiger partial charge in [0.2, 0.25) is 0 Å². The topological polar surface area (TPSA) is 41.3 Å². The van der Waals surface area contributed by atoms with Crippen molar-refractivity contribution >= 4 is 11.6 Å². The summed E-state index contributed by atoms with van der Waals surface area (Å²) < 4.78 is 1.88. The Morgan fingerprint density at radius 1 is 1.45 bits per heavy atom. The monoisotopic (exact) mass is 299 g/mol. The quantitative estimate of drug-likeness (QED) is 0.929. The minimum Gasteiger partial charge on any atom is -0.384 e. The lowest BCUT2D eigenvalue weighted by molar-refractivity contribution is -0.0405. The minimum absolute atomic E-state index is 0.502. The number of nitrogens with zero attached hydrogens (tertiary/aromatic N) is 3. The molecule has 0 radical (unpaired) electrons. The van der Waals surface area contributed by atoms with Gasteiger partial charge in [-0.3, -0.25) is 4.68 Å². The van der Waals surface area contributed by atoms with E-state index >= 15 is 0 Å². The predicted octanol–water partition coefficient (Wildman–Crippen LogP) is 2.74. The summed E-state index contributed by atoms with van der Waals surface area (Å²) in [6, 6.07) is 0. The lowest BCUT2D eigenvalue weighted by Gasteiger charge is -2.39. The maximum absolute atomic E-state index is 11.1. The number of hydrogen-bond donors (Lipinski definition) is 1. The summed E-state index contributed by atoms with van der Waals surface area (Å²) in [7, 11) is 4.06. The first-order valence-corrected chi connectivity index (χ1v) is 7.80. The van der Waals surface area contributed by atoms with Gasteiger partial charge in [-0.15, -0.1) is 0 Å². The van der Waals surface area contributed by atoms with Gasteiger partial charge in [0.25, 0.3) is 0 Å². The first-order chi connectivity index (χ1) is 9.33. The van der Waals surface area contributed by atoms with Crippen LogP contribution in [0, 0.1) is 11.8 Å². The Morgan fingerprint density at radius 2 is 2.15 bits per heavy atom. The fraction of sp³-hybridized carbons (Fsp3) is 0.800. The SMILES string of the molecule is CC1CCC(O)(c2c(Cl)cnn2CCN(C)C)CC1C. The van der Waals surface area contributed by atoms with E-state index in [-0.39, 0.29) is 0 Å². The number of aliphatic hydroxyl groups is 1. The standard InChI is InChI=1S/C15H26ClN3O/c1-11-5-6-15(20,9-12(11)2)14-13(16)10-17-19(14)8-7-18(3)4/h10-12,20H,5-9H2,1-4H3. The van der Waals surface area contributed by atoms with E-state index in [1.165, 1.54) is 0 Å². The van der Waals surface area contributed by atoms with Crippen LogP contribution in [0.15, 0.2) is 6.20 Å². The van der Waals surface area contributed by atoms with Gasteiger partial charge in [0.05, 0.1) is 23.5 Å². The van der Waals surface area contributed by atoms with E-state index in [1.54, 1.807) is 6.20 Å². The summed E-state index contributed by atoms with van der Waals surface area (Å²) in [5.41, 5.74) is -0.0222. The summed E-state index contributed by atoms with van der Waals surface area (Å²) in [6.45, 7) is 6.10. The molecule has 20 heavy (non-hydrogen) atoms. The molecule has 1 N–H and O–H groups in total. The first kappa shape index (κ1) is 15.8. The second kappa shape index (κ2) is 6.04. The second-order valence-electron chi connectivity index (χ2n) is 6.60. The molecule has 1 saturated carbocycles. The maximum Gasteiger partial charge on any atom is 0.108 e. The van der Waals surface area contributed by atoms with Crippen molar-refractivity contribution in [1.82, 2.24) is 14.7 Å². The second-order valence-corrected chi connectivity index (χ2v) is 7.00. The average molecular weight is 300 g/mol. The van der Waals surface area contributed by atoms with Crippen LogP contribution in [0.3, 0.4) is 0 Å². The maximum atomic E-state index is 11.1. The van der Waals surface area contributed by atoms with Crippen LogP contribution in [0.25, 0.3) is 0 Å². The van der Waals surface area contributed by atoms with Crippen molar-refractivity contribution in [2.75, 3.05) is 20.6 Å². The third-order valence-electron chi connectivity index (χ3n) is 4.64. The molecule has 1 aromatic heterocycles. The van der Waals surface area contributed by atoms with Crippen molar-refractivity contribution < 1.29 is 5.11 Å². The number of hydrogen-bond acceptors (Lipinski definition) is 3. The van der Waals surface area contributed by atoms with E-state index in [0.29, 0.717) is 16.9 Å². The molecule has 2 rings (SSSR count). The first-order valence-electron chi connectivity index (χ1n) is 7.42. The molecule has 1 aliphatic carbocycles. The van der Waals surface area contributed by atoms with E-state index < -0.39 is 5.60 Å². The molecule has 0 aromatic carbocycles. The van der Waals surface area contributed by atoms with Crippen LogP contribution in [0.5, 0.6) is 0 Å². The largest absolute Gasteiger partial charge is 0.384 e. The van der Waals surface area contributed by atoms with Crippen LogP contribution < -0.4 is 0 Å². The number of aromatic nitrogens is 2. The van der Waals surface area contributed by atoms with Crippen molar-refractivity contribution in [3.05, 3.63) is 16.9 Å². The van der Waals surface area contributed by atoms with Crippen LogP contribution in [0.4, 0.5) is 0 Å². The van der Waals surface area contributed by atoms with Crippen molar-refractivity contribution in [1.29, 1.82) is 0 Å².